The third-order valence-corrected chi connectivity index (χ3v) is 3.75. The van der Waals surface area contributed by atoms with E-state index in [1.54, 1.807) is 0 Å². The molecule has 0 unspecified atom stereocenters. The Balaban J connectivity index is 1.77. The largest absolute Gasteiger partial charge is 0.396 e. The molecule has 3 heteroatoms. The second kappa shape index (κ2) is 5.53. The highest BCUT2D eigenvalue weighted by atomic mass is 16.3. The van der Waals surface area contributed by atoms with Crippen molar-refractivity contribution in [3.05, 3.63) is 35.4 Å². The molecular formula is C15H21NO2. The van der Waals surface area contributed by atoms with Crippen LogP contribution in [0.4, 0.5) is 0 Å². The summed E-state index contributed by atoms with van der Waals surface area (Å²) in [4.78, 5) is 11.8. The summed E-state index contributed by atoms with van der Waals surface area (Å²) in [5.74, 6) is 0.0723. The van der Waals surface area contributed by atoms with Crippen molar-refractivity contribution in [1.82, 2.24) is 5.32 Å². The Kier molecular flexibility index (Phi) is 4.02. The molecule has 98 valence electrons. The van der Waals surface area contributed by atoms with Crippen LogP contribution in [0.2, 0.25) is 0 Å². The molecule has 0 atom stereocenters. The lowest BCUT2D eigenvalue weighted by Gasteiger charge is -2.14. The topological polar surface area (TPSA) is 49.3 Å². The van der Waals surface area contributed by atoms with Gasteiger partial charge in [0.15, 0.2) is 0 Å². The molecule has 1 aromatic rings. The highest BCUT2D eigenvalue weighted by Gasteiger charge is 2.41. The Morgan fingerprint density at radius 2 is 2.00 bits per heavy atom. The smallest absolute Gasteiger partial charge is 0.224 e. The standard InChI is InChI=1S/C15H21NO2/c1-12-2-4-13(5-3-12)10-14(18)16-11-15(6-7-15)8-9-17/h2-5,17H,6-11H2,1H3,(H,16,18). The first-order valence-electron chi connectivity index (χ1n) is 6.57. The Morgan fingerprint density at radius 3 is 2.56 bits per heavy atom. The molecule has 1 aliphatic carbocycles. The minimum Gasteiger partial charge on any atom is -0.396 e. The monoisotopic (exact) mass is 247 g/mol. The van der Waals surface area contributed by atoms with Gasteiger partial charge in [0.05, 0.1) is 6.42 Å². The van der Waals surface area contributed by atoms with Crippen molar-refractivity contribution in [3.63, 3.8) is 0 Å². The van der Waals surface area contributed by atoms with E-state index >= 15 is 0 Å². The molecule has 1 fully saturated rings. The number of nitrogens with one attached hydrogen (secondary N) is 1. The lowest BCUT2D eigenvalue weighted by Crippen LogP contribution is -2.31. The maximum Gasteiger partial charge on any atom is 0.224 e. The van der Waals surface area contributed by atoms with Crippen LogP contribution in [-0.2, 0) is 11.2 Å². The van der Waals surface area contributed by atoms with Crippen LogP contribution in [-0.4, -0.2) is 24.2 Å². The van der Waals surface area contributed by atoms with Crippen molar-refractivity contribution in [2.75, 3.05) is 13.2 Å². The van der Waals surface area contributed by atoms with Crippen molar-refractivity contribution in [2.24, 2.45) is 5.41 Å². The molecule has 2 rings (SSSR count). The predicted molar refractivity (Wildman–Crippen MR) is 71.3 cm³/mol. The predicted octanol–water partition coefficient (Wildman–Crippen LogP) is 1.82. The molecule has 0 heterocycles. The number of carbonyl (C=O) groups excluding carboxylic acids is 1. The number of rotatable bonds is 6. The van der Waals surface area contributed by atoms with Gasteiger partial charge >= 0.3 is 0 Å². The fourth-order valence-corrected chi connectivity index (χ4v) is 2.17. The normalized spacial score (nSPS) is 16.3. The first-order valence-corrected chi connectivity index (χ1v) is 6.57. The quantitative estimate of drug-likeness (QED) is 0.805. The minimum atomic E-state index is 0.0723. The van der Waals surface area contributed by atoms with E-state index in [4.69, 9.17) is 5.11 Å². The van der Waals surface area contributed by atoms with Gasteiger partial charge in [0.1, 0.15) is 0 Å². The summed E-state index contributed by atoms with van der Waals surface area (Å²) >= 11 is 0. The van der Waals surface area contributed by atoms with Gasteiger partial charge in [0.25, 0.3) is 0 Å². The van der Waals surface area contributed by atoms with Crippen molar-refractivity contribution >= 4 is 5.91 Å². The van der Waals surface area contributed by atoms with Crippen LogP contribution in [0.5, 0.6) is 0 Å². The van der Waals surface area contributed by atoms with Gasteiger partial charge in [-0.15, -0.1) is 0 Å². The lowest BCUT2D eigenvalue weighted by atomic mass is 10.0. The second-order valence-corrected chi connectivity index (χ2v) is 5.41. The van der Waals surface area contributed by atoms with E-state index in [2.05, 4.69) is 5.32 Å². The average Bonchev–Trinajstić information content (AvgIpc) is 3.11. The molecule has 0 spiro atoms. The second-order valence-electron chi connectivity index (χ2n) is 5.41. The van der Waals surface area contributed by atoms with E-state index in [1.807, 2.05) is 31.2 Å². The van der Waals surface area contributed by atoms with Gasteiger partial charge in [-0.05, 0) is 37.2 Å². The molecule has 1 aliphatic rings. The van der Waals surface area contributed by atoms with Gasteiger partial charge in [0, 0.05) is 13.2 Å². The molecule has 0 aromatic heterocycles. The van der Waals surface area contributed by atoms with Gasteiger partial charge < -0.3 is 10.4 Å². The maximum absolute atomic E-state index is 11.8. The summed E-state index contributed by atoms with van der Waals surface area (Å²) in [5, 5.41) is 11.9. The van der Waals surface area contributed by atoms with E-state index < -0.39 is 0 Å². The Hall–Kier alpha value is -1.35. The number of hydrogen-bond donors (Lipinski definition) is 2. The molecule has 1 aromatic carbocycles. The molecule has 3 nitrogen and oxygen atoms in total. The maximum atomic E-state index is 11.8. The summed E-state index contributed by atoms with van der Waals surface area (Å²) in [6.45, 7) is 2.96. The summed E-state index contributed by atoms with van der Waals surface area (Å²) in [7, 11) is 0. The van der Waals surface area contributed by atoms with E-state index in [0.29, 0.717) is 13.0 Å². The third kappa shape index (κ3) is 3.57. The van der Waals surface area contributed by atoms with E-state index in [9.17, 15) is 4.79 Å². The first-order chi connectivity index (χ1) is 8.63. The number of amides is 1. The first kappa shape index (κ1) is 13.1. The highest BCUT2D eigenvalue weighted by molar-refractivity contribution is 5.78. The average molecular weight is 247 g/mol. The molecule has 0 aliphatic heterocycles. The van der Waals surface area contributed by atoms with Crippen LogP contribution in [0.25, 0.3) is 0 Å². The van der Waals surface area contributed by atoms with Crippen molar-refractivity contribution in [2.45, 2.75) is 32.6 Å². The lowest BCUT2D eigenvalue weighted by molar-refractivity contribution is -0.120. The van der Waals surface area contributed by atoms with Crippen LogP contribution in [0, 0.1) is 12.3 Å². The van der Waals surface area contributed by atoms with Crippen LogP contribution in [0.3, 0.4) is 0 Å². The van der Waals surface area contributed by atoms with Gasteiger partial charge in [-0.2, -0.15) is 0 Å². The summed E-state index contributed by atoms with van der Waals surface area (Å²) in [6, 6.07) is 8.04. The number of aryl methyl sites for hydroxylation is 1. The molecule has 1 amide bonds. The molecule has 1 saturated carbocycles. The van der Waals surface area contributed by atoms with E-state index in [0.717, 1.165) is 24.8 Å². The van der Waals surface area contributed by atoms with Crippen LogP contribution in [0.1, 0.15) is 30.4 Å². The van der Waals surface area contributed by atoms with Crippen molar-refractivity contribution < 1.29 is 9.90 Å². The zero-order valence-electron chi connectivity index (χ0n) is 10.9. The zero-order valence-corrected chi connectivity index (χ0v) is 10.9. The summed E-state index contributed by atoms with van der Waals surface area (Å²) < 4.78 is 0. The van der Waals surface area contributed by atoms with Crippen LogP contribution < -0.4 is 5.32 Å². The van der Waals surface area contributed by atoms with Gasteiger partial charge in [-0.3, -0.25) is 4.79 Å². The van der Waals surface area contributed by atoms with Gasteiger partial charge in [-0.25, -0.2) is 0 Å². The number of benzene rings is 1. The number of hydrogen-bond acceptors (Lipinski definition) is 2. The summed E-state index contributed by atoms with van der Waals surface area (Å²) in [6.07, 6.45) is 3.49. The Labute approximate surface area is 108 Å². The van der Waals surface area contributed by atoms with Crippen molar-refractivity contribution in [1.29, 1.82) is 0 Å². The van der Waals surface area contributed by atoms with Gasteiger partial charge in [0.2, 0.25) is 5.91 Å². The SMILES string of the molecule is Cc1ccc(CC(=O)NCC2(CCO)CC2)cc1. The molecule has 2 N–H and O–H groups in total. The third-order valence-electron chi connectivity index (χ3n) is 3.75. The fourth-order valence-electron chi connectivity index (χ4n) is 2.17. The fraction of sp³-hybridized carbons (Fsp3) is 0.533. The zero-order chi connectivity index (χ0) is 13.0. The van der Waals surface area contributed by atoms with Crippen molar-refractivity contribution in [3.8, 4) is 0 Å². The molecular weight excluding hydrogens is 226 g/mol. The summed E-state index contributed by atoms with van der Waals surface area (Å²) in [5.41, 5.74) is 2.45. The van der Waals surface area contributed by atoms with E-state index in [-0.39, 0.29) is 17.9 Å². The number of aliphatic hydroxyl groups excluding tert-OH is 1. The molecule has 0 radical (unpaired) electrons. The number of aliphatic hydroxyl groups is 1. The minimum absolute atomic E-state index is 0.0723. The molecule has 0 bridgehead atoms. The Bertz CT molecular complexity index is 407. The molecule has 18 heavy (non-hydrogen) atoms. The molecule has 0 saturated heterocycles. The van der Waals surface area contributed by atoms with Crippen LogP contribution in [0.15, 0.2) is 24.3 Å². The Morgan fingerprint density at radius 1 is 1.33 bits per heavy atom. The highest BCUT2D eigenvalue weighted by Crippen LogP contribution is 2.47. The van der Waals surface area contributed by atoms with E-state index in [1.165, 1.54) is 5.56 Å². The van der Waals surface area contributed by atoms with Crippen LogP contribution >= 0.6 is 0 Å². The van der Waals surface area contributed by atoms with Gasteiger partial charge in [-0.1, -0.05) is 29.8 Å². The number of carbonyl (C=O) groups is 1.